The van der Waals surface area contributed by atoms with E-state index in [1.54, 1.807) is 24.3 Å². The van der Waals surface area contributed by atoms with Gasteiger partial charge in [-0.05, 0) is 30.5 Å². The van der Waals surface area contributed by atoms with Gasteiger partial charge in [0.1, 0.15) is 0 Å². The first-order chi connectivity index (χ1) is 14.1. The van der Waals surface area contributed by atoms with Crippen LogP contribution in [0.4, 0.5) is 0 Å². The van der Waals surface area contributed by atoms with E-state index in [9.17, 15) is 20.4 Å². The van der Waals surface area contributed by atoms with E-state index in [-0.39, 0.29) is 23.0 Å². The van der Waals surface area contributed by atoms with Crippen molar-refractivity contribution in [3.63, 3.8) is 0 Å². The highest BCUT2D eigenvalue weighted by Gasteiger charge is 2.44. The van der Waals surface area contributed by atoms with E-state index in [2.05, 4.69) is 6.08 Å². The molecule has 3 aromatic carbocycles. The van der Waals surface area contributed by atoms with E-state index in [4.69, 9.17) is 0 Å². The molecule has 0 aromatic heterocycles. The Morgan fingerprint density at radius 2 is 1.24 bits per heavy atom. The highest BCUT2D eigenvalue weighted by Crippen LogP contribution is 2.54. The van der Waals surface area contributed by atoms with Gasteiger partial charge in [0.15, 0.2) is 23.0 Å². The van der Waals surface area contributed by atoms with E-state index in [0.717, 1.165) is 17.6 Å². The molecule has 4 N–H and O–H groups in total. The van der Waals surface area contributed by atoms with Gasteiger partial charge in [0.2, 0.25) is 0 Å². The summed E-state index contributed by atoms with van der Waals surface area (Å²) in [4.78, 5) is 0. The Hall–Kier alpha value is -3.66. The smallest absolute Gasteiger partial charge is 0.162 e. The zero-order chi connectivity index (χ0) is 20.4. The summed E-state index contributed by atoms with van der Waals surface area (Å²) in [5.41, 5.74) is 1.52. The minimum atomic E-state index is -1.10. The number of allylic oxidation sites excluding steroid dienone is 4. The number of hydrogen-bond acceptors (Lipinski definition) is 4. The maximum absolute atomic E-state index is 10.9. The number of aromatic hydroxyl groups is 4. The molecule has 4 nitrogen and oxygen atoms in total. The van der Waals surface area contributed by atoms with Crippen LogP contribution < -0.4 is 0 Å². The van der Waals surface area contributed by atoms with Crippen molar-refractivity contribution in [3.8, 4) is 23.0 Å². The Kier molecular flexibility index (Phi) is 4.77. The quantitative estimate of drug-likeness (QED) is 0.371. The van der Waals surface area contributed by atoms with Crippen LogP contribution >= 0.6 is 0 Å². The Morgan fingerprint density at radius 3 is 1.76 bits per heavy atom. The molecule has 146 valence electrons. The molecule has 0 fully saturated rings. The van der Waals surface area contributed by atoms with E-state index >= 15 is 0 Å². The highest BCUT2D eigenvalue weighted by atomic mass is 16.3. The predicted molar refractivity (Wildman–Crippen MR) is 112 cm³/mol. The second-order valence-electron chi connectivity index (χ2n) is 7.12. The fourth-order valence-electron chi connectivity index (χ4n) is 4.26. The van der Waals surface area contributed by atoms with Gasteiger partial charge in [-0.15, -0.1) is 0 Å². The van der Waals surface area contributed by atoms with Gasteiger partial charge in [0.05, 0.1) is 5.41 Å². The SMILES string of the molecule is Oc1cccc(C(C2=CC=CCC2)(c2ccccc2)c2cccc(O)c2O)c1O. The summed E-state index contributed by atoms with van der Waals surface area (Å²) in [5.74, 6) is -0.993. The maximum atomic E-state index is 10.9. The minimum absolute atomic E-state index is 0.241. The molecule has 0 unspecified atom stereocenters. The van der Waals surface area contributed by atoms with Crippen molar-refractivity contribution in [1.29, 1.82) is 0 Å². The van der Waals surface area contributed by atoms with Gasteiger partial charge in [0.25, 0.3) is 0 Å². The van der Waals surface area contributed by atoms with Gasteiger partial charge in [-0.1, -0.05) is 78.4 Å². The Morgan fingerprint density at radius 1 is 0.655 bits per heavy atom. The molecule has 0 aliphatic heterocycles. The normalized spacial score (nSPS) is 13.9. The molecule has 0 radical (unpaired) electrons. The minimum Gasteiger partial charge on any atom is -0.504 e. The maximum Gasteiger partial charge on any atom is 0.162 e. The summed E-state index contributed by atoms with van der Waals surface area (Å²) in [5, 5.41) is 42.4. The summed E-state index contributed by atoms with van der Waals surface area (Å²) < 4.78 is 0. The summed E-state index contributed by atoms with van der Waals surface area (Å²) in [7, 11) is 0. The summed E-state index contributed by atoms with van der Waals surface area (Å²) in [6.07, 6.45) is 7.48. The fraction of sp³-hybridized carbons (Fsp3) is 0.120. The molecule has 0 spiro atoms. The Labute approximate surface area is 169 Å². The van der Waals surface area contributed by atoms with Crippen molar-refractivity contribution in [2.24, 2.45) is 0 Å². The molecule has 0 saturated carbocycles. The van der Waals surface area contributed by atoms with Crippen molar-refractivity contribution in [1.82, 2.24) is 0 Å². The summed E-state index contributed by atoms with van der Waals surface area (Å²) in [6, 6.07) is 19.2. The second kappa shape index (κ2) is 7.40. The van der Waals surface area contributed by atoms with Gasteiger partial charge in [-0.3, -0.25) is 0 Å². The molecule has 0 atom stereocenters. The number of phenols is 4. The lowest BCUT2D eigenvalue weighted by molar-refractivity contribution is 0.385. The van der Waals surface area contributed by atoms with Gasteiger partial charge in [0, 0.05) is 11.1 Å². The molecular formula is C25H22O4. The molecule has 4 heteroatoms. The van der Waals surface area contributed by atoms with Crippen molar-refractivity contribution < 1.29 is 20.4 Å². The lowest BCUT2D eigenvalue weighted by atomic mass is 9.62. The van der Waals surface area contributed by atoms with Crippen molar-refractivity contribution in [2.75, 3.05) is 0 Å². The summed E-state index contributed by atoms with van der Waals surface area (Å²) in [6.45, 7) is 0. The van der Waals surface area contributed by atoms with Gasteiger partial charge in [-0.2, -0.15) is 0 Å². The molecule has 0 heterocycles. The van der Waals surface area contributed by atoms with E-state index < -0.39 is 5.41 Å². The number of benzene rings is 3. The molecule has 3 aromatic rings. The van der Waals surface area contributed by atoms with E-state index in [0.29, 0.717) is 17.5 Å². The zero-order valence-electron chi connectivity index (χ0n) is 15.8. The van der Waals surface area contributed by atoms with Crippen LogP contribution in [0.2, 0.25) is 0 Å². The molecule has 4 rings (SSSR count). The average molecular weight is 386 g/mol. The molecule has 1 aliphatic rings. The first kappa shape index (κ1) is 18.7. The average Bonchev–Trinajstić information content (AvgIpc) is 2.76. The second-order valence-corrected chi connectivity index (χ2v) is 7.12. The lowest BCUT2D eigenvalue weighted by Gasteiger charge is -2.39. The van der Waals surface area contributed by atoms with Crippen LogP contribution in [-0.2, 0) is 5.41 Å². The predicted octanol–water partition coefficient (Wildman–Crippen LogP) is 5.12. The Balaban J connectivity index is 2.20. The van der Waals surface area contributed by atoms with Gasteiger partial charge in [-0.25, -0.2) is 0 Å². The van der Waals surface area contributed by atoms with Crippen LogP contribution in [0.3, 0.4) is 0 Å². The highest BCUT2D eigenvalue weighted by molar-refractivity contribution is 5.68. The van der Waals surface area contributed by atoms with Crippen molar-refractivity contribution >= 4 is 0 Å². The van der Waals surface area contributed by atoms with Gasteiger partial charge >= 0.3 is 0 Å². The topological polar surface area (TPSA) is 80.9 Å². The molecule has 29 heavy (non-hydrogen) atoms. The van der Waals surface area contributed by atoms with Crippen molar-refractivity contribution in [3.05, 3.63) is 107 Å². The molecule has 1 aliphatic carbocycles. The van der Waals surface area contributed by atoms with Crippen molar-refractivity contribution in [2.45, 2.75) is 18.3 Å². The first-order valence-electron chi connectivity index (χ1n) is 9.51. The van der Waals surface area contributed by atoms with E-state index in [1.807, 2.05) is 42.5 Å². The van der Waals surface area contributed by atoms with Crippen LogP contribution in [0.25, 0.3) is 0 Å². The number of rotatable bonds is 4. The molecule has 0 amide bonds. The zero-order valence-corrected chi connectivity index (χ0v) is 15.8. The number of hydrogen-bond donors (Lipinski definition) is 4. The molecule has 0 saturated heterocycles. The van der Waals surface area contributed by atoms with Crippen LogP contribution in [0, 0.1) is 0 Å². The third kappa shape index (κ3) is 2.93. The molecule has 0 bridgehead atoms. The van der Waals surface area contributed by atoms with Crippen LogP contribution in [0.1, 0.15) is 29.5 Å². The number of para-hydroxylation sites is 2. The third-order valence-electron chi connectivity index (χ3n) is 5.54. The Bertz CT molecular complexity index is 1050. The number of phenolic OH excluding ortho intramolecular Hbond substituents is 4. The first-order valence-corrected chi connectivity index (χ1v) is 9.51. The van der Waals surface area contributed by atoms with E-state index in [1.165, 1.54) is 12.1 Å². The standard InChI is InChI=1S/C25H22O4/c26-21-15-7-13-19(23(21)28)25(17-9-3-1-4-10-17,18-11-5-2-6-12-18)20-14-8-16-22(27)24(20)29/h1-5,7-11,13-16,26-29H,6,12H2. The fourth-order valence-corrected chi connectivity index (χ4v) is 4.26. The molecular weight excluding hydrogens is 364 g/mol. The monoisotopic (exact) mass is 386 g/mol. The lowest BCUT2D eigenvalue weighted by Crippen LogP contribution is -2.32. The summed E-state index contributed by atoms with van der Waals surface area (Å²) >= 11 is 0. The largest absolute Gasteiger partial charge is 0.504 e. The van der Waals surface area contributed by atoms with Crippen LogP contribution in [0.15, 0.2) is 90.5 Å². The van der Waals surface area contributed by atoms with Crippen LogP contribution in [-0.4, -0.2) is 20.4 Å². The third-order valence-corrected chi connectivity index (χ3v) is 5.54. The van der Waals surface area contributed by atoms with Crippen LogP contribution in [0.5, 0.6) is 23.0 Å². The van der Waals surface area contributed by atoms with Gasteiger partial charge < -0.3 is 20.4 Å².